The van der Waals surface area contributed by atoms with Gasteiger partial charge in [0, 0.05) is 56.9 Å². The zero-order valence-corrected chi connectivity index (χ0v) is 23.2. The van der Waals surface area contributed by atoms with Gasteiger partial charge in [0.15, 0.2) is 0 Å². The van der Waals surface area contributed by atoms with E-state index in [1.807, 2.05) is 0 Å². The van der Waals surface area contributed by atoms with Gasteiger partial charge in [0.2, 0.25) is 5.95 Å². The molecule has 1 atom stereocenters. The first kappa shape index (κ1) is 27.2. The molecule has 0 spiro atoms. The Balaban J connectivity index is 1.12. The van der Waals surface area contributed by atoms with Crippen LogP contribution in [0, 0.1) is 23.1 Å². The van der Waals surface area contributed by atoms with Gasteiger partial charge >= 0.3 is 0 Å². The second kappa shape index (κ2) is 11.5. The number of amides is 1. The summed E-state index contributed by atoms with van der Waals surface area (Å²) >= 11 is 0. The number of piperidine rings is 1. The van der Waals surface area contributed by atoms with Gasteiger partial charge < -0.3 is 30.4 Å². The molecule has 3 aliphatic rings. The molecule has 4 N–H and O–H groups in total. The van der Waals surface area contributed by atoms with Crippen molar-refractivity contribution < 1.29 is 18.7 Å². The zero-order chi connectivity index (χ0) is 28.5. The molecular formula is C28H34FN9O3. The molecule has 0 radical (unpaired) electrons. The number of nitrogens with one attached hydrogen (secondary N) is 4. The van der Waals surface area contributed by atoms with E-state index in [1.54, 1.807) is 13.2 Å². The maximum atomic E-state index is 15.3. The summed E-state index contributed by atoms with van der Waals surface area (Å²) in [7, 11) is 3.13. The molecule has 0 bridgehead atoms. The molecule has 0 saturated carbocycles. The molecule has 41 heavy (non-hydrogen) atoms. The van der Waals surface area contributed by atoms with Gasteiger partial charge in [-0.25, -0.2) is 14.4 Å². The van der Waals surface area contributed by atoms with E-state index in [2.05, 4.69) is 47.0 Å². The van der Waals surface area contributed by atoms with Crippen molar-refractivity contribution in [3.05, 3.63) is 35.3 Å². The van der Waals surface area contributed by atoms with Gasteiger partial charge in [0.05, 0.1) is 42.5 Å². The number of ether oxygens (including phenoxy) is 2. The molecule has 12 nitrogen and oxygen atoms in total. The van der Waals surface area contributed by atoms with Crippen LogP contribution in [-0.4, -0.2) is 90.0 Å². The summed E-state index contributed by atoms with van der Waals surface area (Å²) in [5.74, 6) is 0.337. The molecule has 3 aliphatic heterocycles. The van der Waals surface area contributed by atoms with E-state index >= 15 is 4.39 Å². The first-order chi connectivity index (χ1) is 20.0. The van der Waals surface area contributed by atoms with E-state index in [1.165, 1.54) is 32.1 Å². The summed E-state index contributed by atoms with van der Waals surface area (Å²) < 4.78 is 26.2. The molecule has 0 aliphatic carbocycles. The lowest BCUT2D eigenvalue weighted by atomic mass is 9.96. The van der Waals surface area contributed by atoms with E-state index in [4.69, 9.17) is 9.47 Å². The molecule has 3 fully saturated rings. The third-order valence-electron chi connectivity index (χ3n) is 8.32. The van der Waals surface area contributed by atoms with E-state index in [-0.39, 0.29) is 29.0 Å². The number of hydrogen-bond acceptors (Lipinski definition) is 10. The second-order valence-electron chi connectivity index (χ2n) is 10.7. The average Bonchev–Trinajstić information content (AvgIpc) is 3.59. The predicted octanol–water partition coefficient (Wildman–Crippen LogP) is 2.98. The lowest BCUT2D eigenvalue weighted by Gasteiger charge is -2.44. The lowest BCUT2D eigenvalue weighted by Crippen LogP contribution is -2.56. The van der Waals surface area contributed by atoms with Crippen LogP contribution < -0.4 is 20.7 Å². The molecule has 5 heterocycles. The minimum Gasteiger partial charge on any atom is -0.495 e. The number of H-pyrrole nitrogens is 1. The molecule has 13 heteroatoms. The number of methoxy groups -OCH3 is 1. The number of rotatable bonds is 8. The highest BCUT2D eigenvalue weighted by Crippen LogP contribution is 2.33. The Morgan fingerprint density at radius 2 is 2.02 bits per heavy atom. The van der Waals surface area contributed by atoms with Crippen LogP contribution in [0.5, 0.6) is 5.75 Å². The van der Waals surface area contributed by atoms with Crippen LogP contribution >= 0.6 is 0 Å². The van der Waals surface area contributed by atoms with Crippen LogP contribution in [-0.2, 0) is 4.74 Å². The van der Waals surface area contributed by atoms with Crippen molar-refractivity contribution in [3.8, 4) is 11.8 Å². The Kier molecular flexibility index (Phi) is 7.61. The minimum absolute atomic E-state index is 0.0331. The largest absolute Gasteiger partial charge is 0.495 e. The Morgan fingerprint density at radius 1 is 1.22 bits per heavy atom. The summed E-state index contributed by atoms with van der Waals surface area (Å²) in [5.41, 5.74) is 1.03. The molecule has 216 valence electrons. The Labute approximate surface area is 237 Å². The standard InChI is InChI=1S/C28H34FN9O3/c1-31-25-24-16(12-30)13-32-26(24)36-28(35-25)34-21-11-20(29)19(10-23(21)40-2)27(39)33-18-5-8-37(9-6-18)38-7-3-4-22(38)17-14-41-15-17/h10-11,13,17-18,22H,3-9,14-15H2,1-2H3,(H,33,39)(H3,31,32,34,35,36). The third kappa shape index (κ3) is 5.26. The van der Waals surface area contributed by atoms with Crippen LogP contribution in [0.3, 0.4) is 0 Å². The summed E-state index contributed by atoms with van der Waals surface area (Å²) in [6, 6.07) is 5.21. The van der Waals surface area contributed by atoms with Gasteiger partial charge in [-0.05, 0) is 31.7 Å². The molecular weight excluding hydrogens is 529 g/mol. The quantitative estimate of drug-likeness (QED) is 0.323. The number of fused-ring (bicyclic) bond motifs is 1. The number of anilines is 3. The van der Waals surface area contributed by atoms with E-state index in [9.17, 15) is 10.1 Å². The van der Waals surface area contributed by atoms with Crippen LogP contribution in [0.1, 0.15) is 41.6 Å². The topological polar surface area (TPSA) is 143 Å². The van der Waals surface area contributed by atoms with Crippen LogP contribution in [0.25, 0.3) is 11.0 Å². The molecule has 1 unspecified atom stereocenters. The van der Waals surface area contributed by atoms with Crippen LogP contribution in [0.4, 0.5) is 21.8 Å². The molecule has 6 rings (SSSR count). The van der Waals surface area contributed by atoms with Crippen molar-refractivity contribution in [2.75, 3.05) is 57.6 Å². The monoisotopic (exact) mass is 563 g/mol. The average molecular weight is 564 g/mol. The molecule has 3 aromatic rings. The van der Waals surface area contributed by atoms with E-state index in [0.717, 1.165) is 45.7 Å². The highest BCUT2D eigenvalue weighted by Gasteiger charge is 2.39. The van der Waals surface area contributed by atoms with Crippen molar-refractivity contribution in [3.63, 3.8) is 0 Å². The normalized spacial score (nSPS) is 20.5. The first-order valence-corrected chi connectivity index (χ1v) is 14.0. The maximum Gasteiger partial charge on any atom is 0.254 e. The molecule has 3 saturated heterocycles. The van der Waals surface area contributed by atoms with Crippen molar-refractivity contribution in [1.82, 2.24) is 30.3 Å². The molecule has 2 aromatic heterocycles. The highest BCUT2D eigenvalue weighted by atomic mass is 19.1. The Hall–Kier alpha value is -3.99. The van der Waals surface area contributed by atoms with Gasteiger partial charge in [-0.2, -0.15) is 15.2 Å². The van der Waals surface area contributed by atoms with Gasteiger partial charge in [-0.1, -0.05) is 0 Å². The molecule has 1 amide bonds. The van der Waals surface area contributed by atoms with Gasteiger partial charge in [-0.3, -0.25) is 4.79 Å². The Bertz CT molecular complexity index is 1480. The van der Waals surface area contributed by atoms with Crippen molar-refractivity contribution in [2.45, 2.75) is 37.8 Å². The number of aromatic amines is 1. The summed E-state index contributed by atoms with van der Waals surface area (Å²) in [5, 5.41) is 23.8. The zero-order valence-electron chi connectivity index (χ0n) is 23.2. The number of aromatic nitrogens is 3. The number of benzene rings is 1. The second-order valence-corrected chi connectivity index (χ2v) is 10.7. The number of hydrogen-bond donors (Lipinski definition) is 4. The predicted molar refractivity (Wildman–Crippen MR) is 150 cm³/mol. The molecule has 1 aromatic carbocycles. The fraction of sp³-hybridized carbons (Fsp3) is 0.500. The fourth-order valence-electron chi connectivity index (χ4n) is 6.09. The summed E-state index contributed by atoms with van der Waals surface area (Å²) in [4.78, 5) is 24.9. The van der Waals surface area contributed by atoms with Crippen LogP contribution in [0.2, 0.25) is 0 Å². The van der Waals surface area contributed by atoms with Gasteiger partial charge in [0.25, 0.3) is 5.91 Å². The van der Waals surface area contributed by atoms with Crippen molar-refractivity contribution >= 4 is 34.4 Å². The number of hydrazine groups is 1. The highest BCUT2D eigenvalue weighted by molar-refractivity contribution is 5.96. The first-order valence-electron chi connectivity index (χ1n) is 14.0. The number of nitrogens with zero attached hydrogens (tertiary/aromatic N) is 5. The van der Waals surface area contributed by atoms with Crippen LogP contribution in [0.15, 0.2) is 18.3 Å². The van der Waals surface area contributed by atoms with Gasteiger partial charge in [-0.15, -0.1) is 0 Å². The Morgan fingerprint density at radius 3 is 2.71 bits per heavy atom. The number of carbonyl (C=O) groups is 1. The van der Waals surface area contributed by atoms with Crippen molar-refractivity contribution in [1.29, 1.82) is 5.26 Å². The third-order valence-corrected chi connectivity index (χ3v) is 8.32. The van der Waals surface area contributed by atoms with Gasteiger partial charge in [0.1, 0.15) is 29.1 Å². The smallest absolute Gasteiger partial charge is 0.254 e. The fourth-order valence-corrected chi connectivity index (χ4v) is 6.09. The maximum absolute atomic E-state index is 15.3. The minimum atomic E-state index is -0.688. The summed E-state index contributed by atoms with van der Waals surface area (Å²) in [6.45, 7) is 4.50. The van der Waals surface area contributed by atoms with E-state index < -0.39 is 11.7 Å². The number of halogens is 1. The number of carbonyl (C=O) groups excluding carboxylic acids is 1. The van der Waals surface area contributed by atoms with E-state index in [0.29, 0.717) is 34.4 Å². The summed E-state index contributed by atoms with van der Waals surface area (Å²) in [6.07, 6.45) is 5.57. The van der Waals surface area contributed by atoms with Crippen molar-refractivity contribution in [2.24, 2.45) is 5.92 Å². The lowest BCUT2D eigenvalue weighted by molar-refractivity contribution is -0.126. The number of nitriles is 1. The SMILES string of the molecule is CNc1nc(Nc2cc(F)c(C(=O)NC3CCN(N4CCCC4C4COC4)CC3)cc2OC)nc2[nH]cc(C#N)c12.